The van der Waals surface area contributed by atoms with Crippen LogP contribution in [0.15, 0.2) is 42.6 Å². The number of nitrogens with one attached hydrogen (secondary N) is 1. The molecule has 1 atom stereocenters. The van der Waals surface area contributed by atoms with Gasteiger partial charge in [0.2, 0.25) is 5.88 Å². The second-order valence-electron chi connectivity index (χ2n) is 6.54. The summed E-state index contributed by atoms with van der Waals surface area (Å²) in [6.45, 7) is 2.04. The van der Waals surface area contributed by atoms with Gasteiger partial charge in [-0.15, -0.1) is 0 Å². The molecule has 2 rings (SSSR count). The van der Waals surface area contributed by atoms with Crippen LogP contribution in [0, 0.1) is 17.2 Å². The van der Waals surface area contributed by atoms with Crippen LogP contribution < -0.4 is 10.1 Å². The Morgan fingerprint density at radius 1 is 1.14 bits per heavy atom. The summed E-state index contributed by atoms with van der Waals surface area (Å²) < 4.78 is 41.0. The van der Waals surface area contributed by atoms with Crippen LogP contribution in [0.3, 0.4) is 0 Å². The molecule has 1 aromatic heterocycles. The molecular weight excluding hydrogens is 387 g/mol. The fourth-order valence-electron chi connectivity index (χ4n) is 2.40. The van der Waals surface area contributed by atoms with E-state index in [1.165, 1.54) is 30.3 Å². The van der Waals surface area contributed by atoms with Crippen molar-refractivity contribution in [3.05, 3.63) is 59.3 Å². The molecule has 0 saturated carbocycles. The monoisotopic (exact) mass is 405 g/mol. The van der Waals surface area contributed by atoms with E-state index in [1.54, 1.807) is 13.8 Å². The maximum Gasteiger partial charge on any atom is 0.422 e. The van der Waals surface area contributed by atoms with Crippen LogP contribution in [0.5, 0.6) is 5.88 Å². The fraction of sp³-hybridized carbons (Fsp3) is 0.300. The average Bonchev–Trinajstić information content (AvgIpc) is 2.69. The molecular formula is C20H18F3N3O3. The summed E-state index contributed by atoms with van der Waals surface area (Å²) >= 11 is 0. The summed E-state index contributed by atoms with van der Waals surface area (Å²) in [5.41, 5.74) is 0.824. The van der Waals surface area contributed by atoms with Crippen molar-refractivity contribution in [3.8, 4) is 11.9 Å². The van der Waals surface area contributed by atoms with Gasteiger partial charge < -0.3 is 10.1 Å². The molecule has 1 amide bonds. The summed E-state index contributed by atoms with van der Waals surface area (Å²) in [6.07, 6.45) is -3.42. The van der Waals surface area contributed by atoms with Gasteiger partial charge in [0, 0.05) is 17.8 Å². The lowest BCUT2D eigenvalue weighted by Gasteiger charge is -2.21. The van der Waals surface area contributed by atoms with E-state index in [-0.39, 0.29) is 23.1 Å². The first-order chi connectivity index (χ1) is 13.6. The van der Waals surface area contributed by atoms with E-state index in [2.05, 4.69) is 15.0 Å². The SMILES string of the molecule is CC(C)C(NC(=O)c1ccc(OCC(F)(F)F)nc1)C(=O)c1ccc(C#N)cc1. The third kappa shape index (κ3) is 6.31. The van der Waals surface area contributed by atoms with Crippen molar-refractivity contribution < 1.29 is 27.5 Å². The molecule has 0 aliphatic carbocycles. The number of hydrogen-bond acceptors (Lipinski definition) is 5. The van der Waals surface area contributed by atoms with Gasteiger partial charge in [0.1, 0.15) is 0 Å². The van der Waals surface area contributed by atoms with Gasteiger partial charge in [-0.25, -0.2) is 4.98 Å². The maximum absolute atomic E-state index is 12.7. The van der Waals surface area contributed by atoms with Crippen molar-refractivity contribution in [2.45, 2.75) is 26.1 Å². The van der Waals surface area contributed by atoms with Crippen LogP contribution >= 0.6 is 0 Å². The minimum atomic E-state index is -4.49. The van der Waals surface area contributed by atoms with Gasteiger partial charge in [-0.05, 0) is 24.1 Å². The number of ketones is 1. The Labute approximate surface area is 165 Å². The van der Waals surface area contributed by atoms with E-state index in [1.807, 2.05) is 6.07 Å². The van der Waals surface area contributed by atoms with Gasteiger partial charge in [-0.1, -0.05) is 26.0 Å². The molecule has 0 aliphatic rings. The zero-order valence-electron chi connectivity index (χ0n) is 15.7. The summed E-state index contributed by atoms with van der Waals surface area (Å²) in [7, 11) is 0. The number of benzene rings is 1. The van der Waals surface area contributed by atoms with Crippen molar-refractivity contribution in [3.63, 3.8) is 0 Å². The number of aromatic nitrogens is 1. The number of nitrogens with zero attached hydrogens (tertiary/aromatic N) is 2. The van der Waals surface area contributed by atoms with Crippen molar-refractivity contribution in [2.75, 3.05) is 6.61 Å². The lowest BCUT2D eigenvalue weighted by atomic mass is 9.94. The molecule has 6 nitrogen and oxygen atoms in total. The molecule has 152 valence electrons. The number of amides is 1. The van der Waals surface area contributed by atoms with Crippen LogP contribution in [0.2, 0.25) is 0 Å². The number of ether oxygens (including phenoxy) is 1. The number of alkyl halides is 3. The number of carbonyl (C=O) groups excluding carboxylic acids is 2. The third-order valence-electron chi connectivity index (χ3n) is 3.92. The first-order valence-electron chi connectivity index (χ1n) is 8.61. The minimum absolute atomic E-state index is 0.0719. The summed E-state index contributed by atoms with van der Waals surface area (Å²) in [4.78, 5) is 28.9. The molecule has 29 heavy (non-hydrogen) atoms. The highest BCUT2D eigenvalue weighted by molar-refractivity contribution is 6.04. The standard InChI is InChI=1S/C20H18F3N3O3/c1-12(2)17(18(27)14-5-3-13(9-24)4-6-14)26-19(28)15-7-8-16(25-10-15)29-11-20(21,22)23/h3-8,10,12,17H,11H2,1-2H3,(H,26,28). The molecule has 2 aromatic rings. The molecule has 0 spiro atoms. The Bertz CT molecular complexity index is 902. The van der Waals surface area contributed by atoms with E-state index >= 15 is 0 Å². The summed E-state index contributed by atoms with van der Waals surface area (Å²) in [6, 6.07) is 9.57. The topological polar surface area (TPSA) is 92.1 Å². The molecule has 1 aromatic carbocycles. The molecule has 0 radical (unpaired) electrons. The minimum Gasteiger partial charge on any atom is -0.468 e. The van der Waals surface area contributed by atoms with Crippen LogP contribution in [-0.2, 0) is 0 Å². The highest BCUT2D eigenvalue weighted by Gasteiger charge is 2.29. The van der Waals surface area contributed by atoms with Gasteiger partial charge in [0.25, 0.3) is 5.91 Å². The van der Waals surface area contributed by atoms with Crippen LogP contribution in [0.25, 0.3) is 0 Å². The number of Topliss-reactive ketones (excluding diaryl/α,β-unsaturated/α-hetero) is 1. The van der Waals surface area contributed by atoms with Crippen molar-refractivity contribution >= 4 is 11.7 Å². The van der Waals surface area contributed by atoms with Crippen molar-refractivity contribution in [1.82, 2.24) is 10.3 Å². The molecule has 1 heterocycles. The maximum atomic E-state index is 12.7. The lowest BCUT2D eigenvalue weighted by molar-refractivity contribution is -0.154. The second kappa shape index (κ2) is 9.19. The highest BCUT2D eigenvalue weighted by Crippen LogP contribution is 2.17. The normalized spacial score (nSPS) is 12.2. The zero-order valence-corrected chi connectivity index (χ0v) is 15.7. The van der Waals surface area contributed by atoms with Gasteiger partial charge >= 0.3 is 6.18 Å². The average molecular weight is 405 g/mol. The van der Waals surface area contributed by atoms with Crippen molar-refractivity contribution in [1.29, 1.82) is 5.26 Å². The highest BCUT2D eigenvalue weighted by atomic mass is 19.4. The van der Waals surface area contributed by atoms with Gasteiger partial charge in [0.05, 0.1) is 23.2 Å². The van der Waals surface area contributed by atoms with Crippen LogP contribution in [0.1, 0.15) is 40.1 Å². The summed E-state index contributed by atoms with van der Waals surface area (Å²) in [5, 5.41) is 11.5. The van der Waals surface area contributed by atoms with E-state index in [9.17, 15) is 22.8 Å². The number of halogens is 3. The molecule has 0 bridgehead atoms. The largest absolute Gasteiger partial charge is 0.468 e. The molecule has 1 unspecified atom stereocenters. The van der Waals surface area contributed by atoms with E-state index < -0.39 is 24.7 Å². The van der Waals surface area contributed by atoms with Crippen LogP contribution in [-0.4, -0.2) is 35.5 Å². The molecule has 9 heteroatoms. The number of nitriles is 1. The predicted molar refractivity (Wildman–Crippen MR) is 97.4 cm³/mol. The number of pyridine rings is 1. The third-order valence-corrected chi connectivity index (χ3v) is 3.92. The number of hydrogen-bond donors (Lipinski definition) is 1. The Morgan fingerprint density at radius 3 is 2.24 bits per heavy atom. The Balaban J connectivity index is 2.08. The van der Waals surface area contributed by atoms with E-state index in [0.29, 0.717) is 11.1 Å². The van der Waals surface area contributed by atoms with Gasteiger partial charge in [0.15, 0.2) is 12.4 Å². The van der Waals surface area contributed by atoms with E-state index in [0.717, 1.165) is 12.3 Å². The number of rotatable bonds is 7. The van der Waals surface area contributed by atoms with Gasteiger partial charge in [-0.3, -0.25) is 9.59 Å². The predicted octanol–water partition coefficient (Wildman–Crippen LogP) is 3.53. The van der Waals surface area contributed by atoms with Crippen LogP contribution in [0.4, 0.5) is 13.2 Å². The Morgan fingerprint density at radius 2 is 1.76 bits per heavy atom. The first kappa shape index (κ1) is 21.9. The molecule has 0 saturated heterocycles. The fourth-order valence-corrected chi connectivity index (χ4v) is 2.40. The Kier molecular flexibility index (Phi) is 6.93. The zero-order chi connectivity index (χ0) is 21.6. The van der Waals surface area contributed by atoms with Gasteiger partial charge in [-0.2, -0.15) is 18.4 Å². The van der Waals surface area contributed by atoms with E-state index in [4.69, 9.17) is 5.26 Å². The first-order valence-corrected chi connectivity index (χ1v) is 8.61. The quantitative estimate of drug-likeness (QED) is 0.712. The lowest BCUT2D eigenvalue weighted by Crippen LogP contribution is -2.44. The van der Waals surface area contributed by atoms with Crippen molar-refractivity contribution in [2.24, 2.45) is 5.92 Å². The smallest absolute Gasteiger partial charge is 0.422 e. The summed E-state index contributed by atoms with van der Waals surface area (Å²) in [5.74, 6) is -1.42. The number of carbonyl (C=O) groups is 2. The Hall–Kier alpha value is -3.41. The molecule has 1 N–H and O–H groups in total. The molecule has 0 aliphatic heterocycles. The second-order valence-corrected chi connectivity index (χ2v) is 6.54. The molecule has 0 fully saturated rings.